The van der Waals surface area contributed by atoms with Gasteiger partial charge in [0, 0.05) is 25.1 Å². The van der Waals surface area contributed by atoms with E-state index in [-0.39, 0.29) is 6.17 Å². The number of dihydropyridines is 1. The van der Waals surface area contributed by atoms with Gasteiger partial charge in [-0.3, -0.25) is 20.1 Å². The van der Waals surface area contributed by atoms with Gasteiger partial charge in [-0.15, -0.1) is 0 Å². The largest absolute Gasteiger partial charge is 0.405 e. The molecule has 3 heterocycles. The Hall–Kier alpha value is -2.36. The summed E-state index contributed by atoms with van der Waals surface area (Å²) in [6, 6.07) is -0.915. The monoisotopic (exact) mass is 370 g/mol. The zero-order valence-corrected chi connectivity index (χ0v) is 14.3. The summed E-state index contributed by atoms with van der Waals surface area (Å²) in [7, 11) is 0. The van der Waals surface area contributed by atoms with Gasteiger partial charge >= 0.3 is 6.18 Å². The third kappa shape index (κ3) is 4.43. The number of amides is 1. The van der Waals surface area contributed by atoms with E-state index in [4.69, 9.17) is 0 Å². The summed E-state index contributed by atoms with van der Waals surface area (Å²) >= 11 is 0. The van der Waals surface area contributed by atoms with Crippen molar-refractivity contribution in [3.8, 4) is 0 Å². The van der Waals surface area contributed by atoms with Crippen molar-refractivity contribution in [1.29, 1.82) is 0 Å². The van der Waals surface area contributed by atoms with E-state index < -0.39 is 24.7 Å². The van der Waals surface area contributed by atoms with Crippen LogP contribution in [0.4, 0.5) is 13.2 Å². The first kappa shape index (κ1) is 18.4. The maximum atomic E-state index is 12.2. The summed E-state index contributed by atoms with van der Waals surface area (Å²) in [5.41, 5.74) is 2.19. The van der Waals surface area contributed by atoms with Gasteiger partial charge in [0.25, 0.3) is 0 Å². The number of halogens is 3. The molecule has 1 amide bonds. The molecule has 10 heteroatoms. The molecule has 0 aliphatic carbocycles. The lowest BCUT2D eigenvalue weighted by Crippen LogP contribution is -2.43. The van der Waals surface area contributed by atoms with Gasteiger partial charge in [0.15, 0.2) is 0 Å². The van der Waals surface area contributed by atoms with Gasteiger partial charge in [0.2, 0.25) is 5.91 Å². The van der Waals surface area contributed by atoms with Crippen LogP contribution in [0.5, 0.6) is 0 Å². The molecular weight excluding hydrogens is 349 g/mol. The molecular formula is C16H21F3N6O. The zero-order valence-electron chi connectivity index (χ0n) is 14.3. The second kappa shape index (κ2) is 7.48. The van der Waals surface area contributed by atoms with Crippen LogP contribution in [0.2, 0.25) is 0 Å². The third-order valence-electron chi connectivity index (χ3n) is 4.28. The maximum absolute atomic E-state index is 12.2. The van der Waals surface area contributed by atoms with E-state index >= 15 is 0 Å². The van der Waals surface area contributed by atoms with E-state index in [1.807, 2.05) is 17.6 Å². The van der Waals surface area contributed by atoms with Gasteiger partial charge in [-0.2, -0.15) is 13.2 Å². The van der Waals surface area contributed by atoms with Crippen LogP contribution in [-0.4, -0.2) is 55.6 Å². The standard InChI is InChI=1S/C16H21F3N6O/c1-9(15(26)23-8-16(17,18)19)24-12-4-7-22-14(25-12)11-3-6-21-13-10(11)2-5-20-13/h3,6,9,13,20-21H,2,4-5,7-8H2,1H3,(H,23,26)(H,22,24,25)/t9-,13?/m1/s1. The maximum Gasteiger partial charge on any atom is 0.405 e. The van der Waals surface area contributed by atoms with Crippen LogP contribution in [0.1, 0.15) is 19.8 Å². The van der Waals surface area contributed by atoms with Crippen LogP contribution >= 0.6 is 0 Å². The topological polar surface area (TPSA) is 89.9 Å². The average Bonchev–Trinajstić information content (AvgIpc) is 3.07. The van der Waals surface area contributed by atoms with Crippen molar-refractivity contribution in [3.63, 3.8) is 0 Å². The highest BCUT2D eigenvalue weighted by Crippen LogP contribution is 2.23. The van der Waals surface area contributed by atoms with Crippen LogP contribution in [0.3, 0.4) is 0 Å². The number of alkyl halides is 3. The van der Waals surface area contributed by atoms with E-state index in [0.29, 0.717) is 24.6 Å². The minimum atomic E-state index is -4.44. The number of hydrogen-bond donors (Lipinski definition) is 4. The molecule has 0 aromatic rings. The molecule has 3 aliphatic rings. The van der Waals surface area contributed by atoms with E-state index in [1.54, 1.807) is 0 Å². The molecule has 0 aromatic heterocycles. The Morgan fingerprint density at radius 1 is 1.46 bits per heavy atom. The van der Waals surface area contributed by atoms with Crippen LogP contribution in [0, 0.1) is 0 Å². The van der Waals surface area contributed by atoms with Crippen molar-refractivity contribution < 1.29 is 18.0 Å². The Kier molecular flexibility index (Phi) is 5.30. The molecule has 0 bridgehead atoms. The minimum Gasteiger partial charge on any atom is -0.372 e. The van der Waals surface area contributed by atoms with Gasteiger partial charge in [0.1, 0.15) is 24.3 Å². The van der Waals surface area contributed by atoms with Gasteiger partial charge < -0.3 is 16.0 Å². The predicted molar refractivity (Wildman–Crippen MR) is 91.7 cm³/mol. The molecule has 0 radical (unpaired) electrons. The van der Waals surface area contributed by atoms with Gasteiger partial charge in [-0.05, 0) is 31.2 Å². The fraction of sp³-hybridized carbons (Fsp3) is 0.562. The highest BCUT2D eigenvalue weighted by Gasteiger charge is 2.29. The molecule has 26 heavy (non-hydrogen) atoms. The number of amidine groups is 2. The average molecular weight is 370 g/mol. The molecule has 7 nitrogen and oxygen atoms in total. The van der Waals surface area contributed by atoms with E-state index in [1.165, 1.54) is 12.5 Å². The van der Waals surface area contributed by atoms with E-state index in [2.05, 4.69) is 25.9 Å². The number of hydrogen-bond acceptors (Lipinski definition) is 5. The second-order valence-electron chi connectivity index (χ2n) is 6.27. The zero-order chi connectivity index (χ0) is 18.7. The number of rotatable bonds is 4. The van der Waals surface area contributed by atoms with Crippen molar-refractivity contribution >= 4 is 17.6 Å². The molecule has 2 atom stereocenters. The van der Waals surface area contributed by atoms with Crippen LogP contribution in [0.25, 0.3) is 0 Å². The number of nitrogens with one attached hydrogen (secondary N) is 4. The van der Waals surface area contributed by atoms with Crippen molar-refractivity contribution in [2.24, 2.45) is 9.98 Å². The summed E-state index contributed by atoms with van der Waals surface area (Å²) in [4.78, 5) is 20.5. The summed E-state index contributed by atoms with van der Waals surface area (Å²) < 4.78 is 36.6. The smallest absolute Gasteiger partial charge is 0.372 e. The highest BCUT2D eigenvalue weighted by atomic mass is 19.4. The molecule has 0 saturated carbocycles. The summed E-state index contributed by atoms with van der Waals surface area (Å²) in [5, 5.41) is 11.5. The van der Waals surface area contributed by atoms with Crippen molar-refractivity contribution in [3.05, 3.63) is 23.4 Å². The molecule has 1 fully saturated rings. The fourth-order valence-corrected chi connectivity index (χ4v) is 3.02. The normalized spacial score (nSPS) is 25.3. The van der Waals surface area contributed by atoms with Gasteiger partial charge in [-0.25, -0.2) is 0 Å². The van der Waals surface area contributed by atoms with E-state index in [0.717, 1.165) is 18.5 Å². The molecule has 3 aliphatic heterocycles. The SMILES string of the molecule is C[C@@H](N=C1CCN=C(C2=C3CCNC3NC=C2)N1)C(=O)NCC(F)(F)F. The minimum absolute atomic E-state index is 0.0916. The Balaban J connectivity index is 1.66. The van der Waals surface area contributed by atoms with Crippen molar-refractivity contribution in [1.82, 2.24) is 21.3 Å². The van der Waals surface area contributed by atoms with E-state index in [9.17, 15) is 18.0 Å². The Labute approximate surface area is 148 Å². The Morgan fingerprint density at radius 2 is 2.27 bits per heavy atom. The summed E-state index contributed by atoms with van der Waals surface area (Å²) in [6.07, 6.45) is 0.853. The quantitative estimate of drug-likeness (QED) is 0.583. The Bertz CT molecular complexity index is 695. The van der Waals surface area contributed by atoms with Crippen LogP contribution in [-0.2, 0) is 4.79 Å². The number of fused-ring (bicyclic) bond motifs is 1. The summed E-state index contributed by atoms with van der Waals surface area (Å²) in [5.74, 6) is 0.469. The molecule has 142 valence electrons. The lowest BCUT2D eigenvalue weighted by atomic mass is 10.0. The van der Waals surface area contributed by atoms with Gasteiger partial charge in [-0.1, -0.05) is 0 Å². The number of aliphatic imine (C=N–C) groups is 2. The predicted octanol–water partition coefficient (Wildman–Crippen LogP) is 0.577. The second-order valence-corrected chi connectivity index (χ2v) is 6.27. The molecule has 4 N–H and O–H groups in total. The lowest BCUT2D eigenvalue weighted by molar-refractivity contribution is -0.138. The van der Waals surface area contributed by atoms with Gasteiger partial charge in [0.05, 0.1) is 6.17 Å². The third-order valence-corrected chi connectivity index (χ3v) is 4.28. The van der Waals surface area contributed by atoms with Crippen LogP contribution < -0.4 is 21.3 Å². The molecule has 3 rings (SSSR count). The first-order chi connectivity index (χ1) is 12.3. The Morgan fingerprint density at radius 3 is 3.04 bits per heavy atom. The molecule has 1 unspecified atom stereocenters. The fourth-order valence-electron chi connectivity index (χ4n) is 3.02. The van der Waals surface area contributed by atoms with Crippen molar-refractivity contribution in [2.45, 2.75) is 38.1 Å². The molecule has 0 spiro atoms. The molecule has 1 saturated heterocycles. The van der Waals surface area contributed by atoms with Crippen LogP contribution in [0.15, 0.2) is 33.4 Å². The molecule has 0 aromatic carbocycles. The first-order valence-electron chi connectivity index (χ1n) is 8.45. The highest BCUT2D eigenvalue weighted by molar-refractivity contribution is 6.12. The number of carbonyl (C=O) groups excluding carboxylic acids is 1. The lowest BCUT2D eigenvalue weighted by Gasteiger charge is -2.25. The number of carbonyl (C=O) groups is 1. The number of nitrogens with zero attached hydrogens (tertiary/aromatic N) is 2. The summed E-state index contributed by atoms with van der Waals surface area (Å²) in [6.45, 7) is 1.50. The van der Waals surface area contributed by atoms with Crippen molar-refractivity contribution in [2.75, 3.05) is 19.6 Å². The first-order valence-corrected chi connectivity index (χ1v) is 8.45.